The molecule has 0 atom stereocenters. The predicted molar refractivity (Wildman–Crippen MR) is 100 cm³/mol. The molecule has 1 aliphatic heterocycles. The lowest BCUT2D eigenvalue weighted by Crippen LogP contribution is -2.47. The molecule has 0 aliphatic carbocycles. The summed E-state index contributed by atoms with van der Waals surface area (Å²) >= 11 is 0. The van der Waals surface area contributed by atoms with Crippen LogP contribution in [-0.4, -0.2) is 60.5 Å². The van der Waals surface area contributed by atoms with Crippen LogP contribution in [-0.2, 0) is 7.05 Å². The largest absolute Gasteiger partial charge is 0.351 e. The van der Waals surface area contributed by atoms with Crippen molar-refractivity contribution in [1.82, 2.24) is 34.3 Å². The SMILES string of the molecule is Cn1cc(-c2cc3c(N4CCN(c5nc[c]cn5)CC4)ncnn3c2)cn1. The van der Waals surface area contributed by atoms with Crippen molar-refractivity contribution in [3.05, 3.63) is 49.4 Å². The topological polar surface area (TPSA) is 80.3 Å². The van der Waals surface area contributed by atoms with E-state index in [1.165, 1.54) is 0 Å². The van der Waals surface area contributed by atoms with Gasteiger partial charge >= 0.3 is 0 Å². The van der Waals surface area contributed by atoms with E-state index in [4.69, 9.17) is 0 Å². The highest BCUT2D eigenvalue weighted by atomic mass is 15.4. The molecule has 0 N–H and O–H groups in total. The van der Waals surface area contributed by atoms with Crippen LogP contribution in [0.3, 0.4) is 0 Å². The van der Waals surface area contributed by atoms with Gasteiger partial charge in [-0.05, 0) is 6.07 Å². The standard InChI is InChI=1S/C18H18N9/c1-24-11-15(10-22-24)14-9-16-17(21-13-23-27(16)12-14)25-5-7-26(8-6-25)18-19-3-2-4-20-18/h3-4,9-13H,5-8H2,1H3. The summed E-state index contributed by atoms with van der Waals surface area (Å²) in [6, 6.07) is 4.98. The van der Waals surface area contributed by atoms with Crippen LogP contribution in [0.4, 0.5) is 11.8 Å². The van der Waals surface area contributed by atoms with Gasteiger partial charge in [-0.2, -0.15) is 10.2 Å². The lowest BCUT2D eigenvalue weighted by Gasteiger charge is -2.35. The van der Waals surface area contributed by atoms with Gasteiger partial charge in [-0.3, -0.25) is 4.68 Å². The maximum Gasteiger partial charge on any atom is 0.225 e. The molecule has 0 amide bonds. The maximum atomic E-state index is 4.56. The van der Waals surface area contributed by atoms with Gasteiger partial charge in [0.15, 0.2) is 5.82 Å². The van der Waals surface area contributed by atoms with E-state index in [-0.39, 0.29) is 0 Å². The summed E-state index contributed by atoms with van der Waals surface area (Å²) in [4.78, 5) is 17.6. The molecule has 9 nitrogen and oxygen atoms in total. The molecule has 4 aromatic heterocycles. The number of piperazine rings is 1. The monoisotopic (exact) mass is 360 g/mol. The third-order valence-electron chi connectivity index (χ3n) is 4.79. The molecule has 0 saturated carbocycles. The minimum Gasteiger partial charge on any atom is -0.351 e. The Hall–Kier alpha value is -3.49. The van der Waals surface area contributed by atoms with Crippen molar-refractivity contribution in [2.45, 2.75) is 0 Å². The Labute approximate surface area is 155 Å². The van der Waals surface area contributed by atoms with Crippen LogP contribution >= 0.6 is 0 Å². The van der Waals surface area contributed by atoms with Crippen molar-refractivity contribution >= 4 is 17.3 Å². The van der Waals surface area contributed by atoms with Crippen LogP contribution < -0.4 is 9.80 Å². The Morgan fingerprint density at radius 3 is 2.41 bits per heavy atom. The highest BCUT2D eigenvalue weighted by molar-refractivity contribution is 5.77. The van der Waals surface area contributed by atoms with Crippen molar-refractivity contribution in [3.63, 3.8) is 0 Å². The Balaban J connectivity index is 1.41. The smallest absolute Gasteiger partial charge is 0.225 e. The number of rotatable bonds is 3. The average molecular weight is 360 g/mol. The van der Waals surface area contributed by atoms with Crippen LogP contribution in [0, 0.1) is 6.07 Å². The molecule has 0 spiro atoms. The fourth-order valence-electron chi connectivity index (χ4n) is 3.43. The number of anilines is 2. The summed E-state index contributed by atoms with van der Waals surface area (Å²) in [6.45, 7) is 3.39. The summed E-state index contributed by atoms with van der Waals surface area (Å²) in [5, 5.41) is 8.62. The van der Waals surface area contributed by atoms with Crippen molar-refractivity contribution < 1.29 is 0 Å². The normalized spacial score (nSPS) is 14.9. The summed E-state index contributed by atoms with van der Waals surface area (Å²) in [5.74, 6) is 1.70. The number of aromatic nitrogens is 7. The Morgan fingerprint density at radius 2 is 1.67 bits per heavy atom. The van der Waals surface area contributed by atoms with E-state index in [2.05, 4.69) is 47.1 Å². The van der Waals surface area contributed by atoms with E-state index in [1.54, 1.807) is 23.4 Å². The summed E-state index contributed by atoms with van der Waals surface area (Å²) in [5.41, 5.74) is 3.14. The van der Waals surface area contributed by atoms with E-state index < -0.39 is 0 Å². The average Bonchev–Trinajstić information content (AvgIpc) is 3.34. The van der Waals surface area contributed by atoms with Crippen LogP contribution in [0.25, 0.3) is 16.6 Å². The lowest BCUT2D eigenvalue weighted by atomic mass is 10.2. The molecule has 0 unspecified atom stereocenters. The van der Waals surface area contributed by atoms with Crippen molar-refractivity contribution in [3.8, 4) is 11.1 Å². The quantitative estimate of drug-likeness (QED) is 0.540. The zero-order valence-electron chi connectivity index (χ0n) is 14.9. The Kier molecular flexibility index (Phi) is 3.70. The minimum atomic E-state index is 0.753. The number of aryl methyl sites for hydroxylation is 1. The van der Waals surface area contributed by atoms with Gasteiger partial charge in [0.05, 0.1) is 6.20 Å². The van der Waals surface area contributed by atoms with Gasteiger partial charge in [0.1, 0.15) is 11.8 Å². The Bertz CT molecular complexity index is 1060. The molecule has 0 aromatic carbocycles. The van der Waals surface area contributed by atoms with Crippen LogP contribution in [0.5, 0.6) is 0 Å². The molecule has 5 rings (SSSR count). The second-order valence-electron chi connectivity index (χ2n) is 6.50. The lowest BCUT2D eigenvalue weighted by molar-refractivity contribution is 0.633. The van der Waals surface area contributed by atoms with Gasteiger partial charge in [0, 0.05) is 75.2 Å². The molecule has 4 aromatic rings. The van der Waals surface area contributed by atoms with E-state index in [0.29, 0.717) is 0 Å². The minimum absolute atomic E-state index is 0.753. The van der Waals surface area contributed by atoms with Crippen LogP contribution in [0.1, 0.15) is 0 Å². The molecule has 1 fully saturated rings. The van der Waals surface area contributed by atoms with Crippen LogP contribution in [0.15, 0.2) is 43.4 Å². The second kappa shape index (κ2) is 6.35. The first-order chi connectivity index (χ1) is 13.3. The van der Waals surface area contributed by atoms with Gasteiger partial charge in [0.2, 0.25) is 5.95 Å². The first-order valence-electron chi connectivity index (χ1n) is 8.78. The molecular formula is C18H18N9. The van der Waals surface area contributed by atoms with E-state index in [0.717, 1.165) is 54.6 Å². The first kappa shape index (κ1) is 15.7. The number of hydrogen-bond donors (Lipinski definition) is 0. The number of nitrogens with zero attached hydrogens (tertiary/aromatic N) is 9. The molecule has 135 valence electrons. The summed E-state index contributed by atoms with van der Waals surface area (Å²) < 4.78 is 3.68. The molecule has 0 bridgehead atoms. The third-order valence-corrected chi connectivity index (χ3v) is 4.79. The van der Waals surface area contributed by atoms with Crippen molar-refractivity contribution in [2.24, 2.45) is 7.05 Å². The highest BCUT2D eigenvalue weighted by Gasteiger charge is 2.22. The van der Waals surface area contributed by atoms with E-state index >= 15 is 0 Å². The van der Waals surface area contributed by atoms with Gasteiger partial charge in [-0.15, -0.1) is 0 Å². The third kappa shape index (κ3) is 2.86. The zero-order valence-corrected chi connectivity index (χ0v) is 14.9. The fraction of sp³-hybridized carbons (Fsp3) is 0.278. The molecule has 1 radical (unpaired) electrons. The molecule has 1 aliphatic rings. The van der Waals surface area contributed by atoms with Gasteiger partial charge in [-0.25, -0.2) is 19.5 Å². The molecule has 27 heavy (non-hydrogen) atoms. The zero-order chi connectivity index (χ0) is 18.2. The number of fused-ring (bicyclic) bond motifs is 1. The second-order valence-corrected chi connectivity index (χ2v) is 6.50. The van der Waals surface area contributed by atoms with E-state index in [9.17, 15) is 0 Å². The molecular weight excluding hydrogens is 342 g/mol. The maximum absolute atomic E-state index is 4.56. The number of hydrogen-bond acceptors (Lipinski definition) is 7. The van der Waals surface area contributed by atoms with Crippen molar-refractivity contribution in [1.29, 1.82) is 0 Å². The van der Waals surface area contributed by atoms with Gasteiger partial charge in [0.25, 0.3) is 0 Å². The first-order valence-corrected chi connectivity index (χ1v) is 8.78. The fourth-order valence-corrected chi connectivity index (χ4v) is 3.43. The predicted octanol–water partition coefficient (Wildman–Crippen LogP) is 1.05. The molecule has 9 heteroatoms. The summed E-state index contributed by atoms with van der Waals surface area (Å²) in [6.07, 6.45) is 10.8. The van der Waals surface area contributed by atoms with Gasteiger partial charge in [-0.1, -0.05) is 0 Å². The van der Waals surface area contributed by atoms with Crippen LogP contribution in [0.2, 0.25) is 0 Å². The summed E-state index contributed by atoms with van der Waals surface area (Å²) in [7, 11) is 1.92. The van der Waals surface area contributed by atoms with Crippen molar-refractivity contribution in [2.75, 3.05) is 36.0 Å². The Morgan fingerprint density at radius 1 is 0.889 bits per heavy atom. The molecule has 1 saturated heterocycles. The highest BCUT2D eigenvalue weighted by Crippen LogP contribution is 2.27. The van der Waals surface area contributed by atoms with E-state index in [1.807, 2.05) is 30.2 Å². The molecule has 5 heterocycles. The van der Waals surface area contributed by atoms with Gasteiger partial charge < -0.3 is 9.80 Å².